The molecule has 20 heavy (non-hydrogen) atoms. The number of imidazole rings is 1. The Kier molecular flexibility index (Phi) is 5.70. The van der Waals surface area contributed by atoms with Crippen LogP contribution >= 0.6 is 0 Å². The molecule has 7 nitrogen and oxygen atoms in total. The number of rotatable bonds is 7. The number of ether oxygens (including phenoxy) is 1. The molecule has 1 aromatic rings. The summed E-state index contributed by atoms with van der Waals surface area (Å²) in [6.45, 7) is 7.26. The Bertz CT molecular complexity index is 551. The van der Waals surface area contributed by atoms with Crippen LogP contribution in [-0.4, -0.2) is 48.4 Å². The van der Waals surface area contributed by atoms with E-state index >= 15 is 0 Å². The number of hydrogen-bond donors (Lipinski definition) is 1. The van der Waals surface area contributed by atoms with Gasteiger partial charge in [-0.05, 0) is 19.8 Å². The summed E-state index contributed by atoms with van der Waals surface area (Å²) < 4.78 is 30.9. The van der Waals surface area contributed by atoms with E-state index in [-0.39, 0.29) is 30.6 Å². The second-order valence-corrected chi connectivity index (χ2v) is 6.74. The maximum atomic E-state index is 12.5. The van der Waals surface area contributed by atoms with Crippen LogP contribution in [0.15, 0.2) is 11.2 Å². The highest BCUT2D eigenvalue weighted by Gasteiger charge is 2.29. The number of esters is 1. The molecule has 0 radical (unpaired) electrons. The van der Waals surface area contributed by atoms with Crippen LogP contribution in [-0.2, 0) is 19.6 Å². The first-order valence-electron chi connectivity index (χ1n) is 6.44. The molecule has 0 spiro atoms. The molecular formula is C12H21N3O4S. The molecule has 0 aromatic carbocycles. The molecule has 1 N–H and O–H groups in total. The van der Waals surface area contributed by atoms with E-state index in [1.807, 2.05) is 13.8 Å². The third-order valence-electron chi connectivity index (χ3n) is 2.48. The summed E-state index contributed by atoms with van der Waals surface area (Å²) in [6, 6.07) is 0. The van der Waals surface area contributed by atoms with Crippen LogP contribution in [0.4, 0.5) is 0 Å². The number of aryl methyl sites for hydroxylation is 1. The number of aromatic nitrogens is 2. The summed E-state index contributed by atoms with van der Waals surface area (Å²) in [5.74, 6) is 0.0281. The van der Waals surface area contributed by atoms with E-state index in [0.29, 0.717) is 5.82 Å². The Labute approximate surface area is 119 Å². The predicted molar refractivity (Wildman–Crippen MR) is 73.6 cm³/mol. The third kappa shape index (κ3) is 4.31. The van der Waals surface area contributed by atoms with Crippen LogP contribution in [0.1, 0.15) is 26.6 Å². The largest absolute Gasteiger partial charge is 0.465 e. The molecule has 0 atom stereocenters. The second-order valence-electron chi connectivity index (χ2n) is 4.83. The van der Waals surface area contributed by atoms with E-state index in [2.05, 4.69) is 9.97 Å². The zero-order valence-electron chi connectivity index (χ0n) is 12.2. The molecule has 0 aliphatic heterocycles. The van der Waals surface area contributed by atoms with Crippen molar-refractivity contribution in [3.8, 4) is 0 Å². The van der Waals surface area contributed by atoms with Gasteiger partial charge in [-0.1, -0.05) is 13.8 Å². The van der Waals surface area contributed by atoms with Gasteiger partial charge in [0.1, 0.15) is 12.4 Å². The van der Waals surface area contributed by atoms with Gasteiger partial charge in [0.05, 0.1) is 12.8 Å². The van der Waals surface area contributed by atoms with Gasteiger partial charge in [0, 0.05) is 6.54 Å². The van der Waals surface area contributed by atoms with Crippen LogP contribution < -0.4 is 0 Å². The van der Waals surface area contributed by atoms with Crippen LogP contribution in [0, 0.1) is 12.8 Å². The van der Waals surface area contributed by atoms with Crippen molar-refractivity contribution < 1.29 is 17.9 Å². The second kappa shape index (κ2) is 6.85. The minimum Gasteiger partial charge on any atom is -0.465 e. The molecule has 0 aliphatic carbocycles. The number of hydrogen-bond acceptors (Lipinski definition) is 5. The Morgan fingerprint density at radius 2 is 2.15 bits per heavy atom. The fourth-order valence-electron chi connectivity index (χ4n) is 1.67. The van der Waals surface area contributed by atoms with Crippen molar-refractivity contribution in [2.24, 2.45) is 5.92 Å². The lowest BCUT2D eigenvalue weighted by Crippen LogP contribution is -2.39. The van der Waals surface area contributed by atoms with Crippen LogP contribution in [0.5, 0.6) is 0 Å². The third-order valence-corrected chi connectivity index (χ3v) is 4.20. The average molecular weight is 303 g/mol. The summed E-state index contributed by atoms with van der Waals surface area (Å²) in [5.41, 5.74) is 0. The first-order chi connectivity index (χ1) is 9.27. The molecule has 0 aliphatic rings. The predicted octanol–water partition coefficient (Wildman–Crippen LogP) is 0.928. The SMILES string of the molecule is CCOC(=O)CN(CC(C)C)S(=O)(=O)c1cnc(C)[nH]1. The first kappa shape index (κ1) is 16.6. The Morgan fingerprint density at radius 3 is 2.60 bits per heavy atom. The van der Waals surface area contributed by atoms with Crippen LogP contribution in [0.25, 0.3) is 0 Å². The van der Waals surface area contributed by atoms with Crippen molar-refractivity contribution in [1.82, 2.24) is 14.3 Å². The van der Waals surface area contributed by atoms with Gasteiger partial charge in [0.2, 0.25) is 0 Å². The number of aromatic amines is 1. The minimum atomic E-state index is -3.77. The topological polar surface area (TPSA) is 92.4 Å². The fraction of sp³-hybridized carbons (Fsp3) is 0.667. The van der Waals surface area contributed by atoms with Gasteiger partial charge in [0.25, 0.3) is 10.0 Å². The highest BCUT2D eigenvalue weighted by Crippen LogP contribution is 2.15. The lowest BCUT2D eigenvalue weighted by atomic mass is 10.2. The highest BCUT2D eigenvalue weighted by atomic mass is 32.2. The average Bonchev–Trinajstić information content (AvgIpc) is 2.75. The molecule has 0 saturated heterocycles. The number of sulfonamides is 1. The van der Waals surface area contributed by atoms with Crippen molar-refractivity contribution in [3.63, 3.8) is 0 Å². The van der Waals surface area contributed by atoms with E-state index in [0.717, 1.165) is 4.31 Å². The minimum absolute atomic E-state index is 0.0139. The molecule has 8 heteroatoms. The van der Waals surface area contributed by atoms with Gasteiger partial charge >= 0.3 is 5.97 Å². The summed E-state index contributed by atoms with van der Waals surface area (Å²) in [4.78, 5) is 18.1. The van der Waals surface area contributed by atoms with Crippen molar-refractivity contribution in [2.45, 2.75) is 32.7 Å². The molecule has 0 saturated carbocycles. The van der Waals surface area contributed by atoms with E-state index in [9.17, 15) is 13.2 Å². The van der Waals surface area contributed by atoms with E-state index in [1.165, 1.54) is 6.20 Å². The molecule has 1 aromatic heterocycles. The number of nitrogens with one attached hydrogen (secondary N) is 1. The lowest BCUT2D eigenvalue weighted by molar-refractivity contribution is -0.143. The Hall–Kier alpha value is -1.41. The summed E-state index contributed by atoms with van der Waals surface area (Å²) in [6.07, 6.45) is 1.25. The van der Waals surface area contributed by atoms with Gasteiger partial charge in [-0.3, -0.25) is 4.79 Å². The smallest absolute Gasteiger partial charge is 0.321 e. The normalized spacial score (nSPS) is 12.1. The number of carbonyl (C=O) groups is 1. The summed E-state index contributed by atoms with van der Waals surface area (Å²) in [5, 5.41) is -0.0139. The van der Waals surface area contributed by atoms with Crippen molar-refractivity contribution >= 4 is 16.0 Å². The van der Waals surface area contributed by atoms with Gasteiger partial charge < -0.3 is 9.72 Å². The van der Waals surface area contributed by atoms with Gasteiger partial charge in [0.15, 0.2) is 5.03 Å². The molecule has 114 valence electrons. The van der Waals surface area contributed by atoms with Crippen LogP contribution in [0.3, 0.4) is 0 Å². The number of H-pyrrole nitrogens is 1. The van der Waals surface area contributed by atoms with Crippen molar-refractivity contribution in [2.75, 3.05) is 19.7 Å². The molecule has 1 heterocycles. The van der Waals surface area contributed by atoms with Crippen molar-refractivity contribution in [3.05, 3.63) is 12.0 Å². The first-order valence-corrected chi connectivity index (χ1v) is 7.88. The number of carbonyl (C=O) groups excluding carboxylic acids is 1. The Balaban J connectivity index is 3.00. The highest BCUT2D eigenvalue weighted by molar-refractivity contribution is 7.89. The summed E-state index contributed by atoms with van der Waals surface area (Å²) in [7, 11) is -3.77. The number of nitrogens with zero attached hydrogens (tertiary/aromatic N) is 2. The van der Waals surface area contributed by atoms with Crippen LogP contribution in [0.2, 0.25) is 0 Å². The molecule has 0 amide bonds. The molecule has 0 unspecified atom stereocenters. The zero-order chi connectivity index (χ0) is 15.3. The standard InChI is InChI=1S/C12H21N3O4S/c1-5-19-12(16)8-15(7-9(2)3)20(17,18)11-6-13-10(4)14-11/h6,9H,5,7-8H2,1-4H3,(H,13,14). The quantitative estimate of drug-likeness (QED) is 0.756. The van der Waals surface area contributed by atoms with Gasteiger partial charge in [-0.25, -0.2) is 13.4 Å². The van der Waals surface area contributed by atoms with Gasteiger partial charge in [-0.2, -0.15) is 4.31 Å². The lowest BCUT2D eigenvalue weighted by Gasteiger charge is -2.22. The molecule has 0 bridgehead atoms. The molecule has 1 rings (SSSR count). The van der Waals surface area contributed by atoms with E-state index < -0.39 is 16.0 Å². The van der Waals surface area contributed by atoms with Gasteiger partial charge in [-0.15, -0.1) is 0 Å². The zero-order valence-corrected chi connectivity index (χ0v) is 13.0. The van der Waals surface area contributed by atoms with Crippen molar-refractivity contribution in [1.29, 1.82) is 0 Å². The van der Waals surface area contributed by atoms with E-state index in [4.69, 9.17) is 4.74 Å². The summed E-state index contributed by atoms with van der Waals surface area (Å²) >= 11 is 0. The fourth-order valence-corrected chi connectivity index (χ4v) is 3.18. The maximum absolute atomic E-state index is 12.5. The monoisotopic (exact) mass is 303 g/mol. The van der Waals surface area contributed by atoms with E-state index in [1.54, 1.807) is 13.8 Å². The molecular weight excluding hydrogens is 282 g/mol. The molecule has 0 fully saturated rings. The maximum Gasteiger partial charge on any atom is 0.321 e. The Morgan fingerprint density at radius 1 is 1.50 bits per heavy atom.